The van der Waals surface area contributed by atoms with Gasteiger partial charge in [0.15, 0.2) is 0 Å². The van der Waals surface area contributed by atoms with E-state index < -0.39 is 0 Å². The summed E-state index contributed by atoms with van der Waals surface area (Å²) in [6, 6.07) is 6.53. The highest BCUT2D eigenvalue weighted by molar-refractivity contribution is 7.11. The first-order valence-electron chi connectivity index (χ1n) is 6.13. The van der Waals surface area contributed by atoms with Crippen LogP contribution in [0.25, 0.3) is 11.6 Å². The lowest BCUT2D eigenvalue weighted by atomic mass is 9.99. The van der Waals surface area contributed by atoms with Gasteiger partial charge in [0.1, 0.15) is 11.1 Å². The van der Waals surface area contributed by atoms with Crippen molar-refractivity contribution in [3.05, 3.63) is 50.5 Å². The minimum atomic E-state index is 0.629. The molecule has 1 aromatic heterocycles. The Morgan fingerprint density at radius 2 is 1.84 bits per heavy atom. The number of rotatable bonds is 2. The summed E-state index contributed by atoms with van der Waals surface area (Å²) in [4.78, 5) is 4.38. The molecule has 0 radical (unpaired) electrons. The second kappa shape index (κ2) is 5.38. The Kier molecular flexibility index (Phi) is 3.82. The maximum Gasteiger partial charge on any atom is 0.134 e. The Morgan fingerprint density at radius 1 is 1.16 bits per heavy atom. The molecule has 0 N–H and O–H groups in total. The fraction of sp³-hybridized carbons (Fsp3) is 0.250. The monoisotopic (exact) mass is 268 g/mol. The molecule has 0 aliphatic rings. The second-order valence-corrected chi connectivity index (χ2v) is 5.62. The number of nitriles is 1. The van der Waals surface area contributed by atoms with Crippen LogP contribution in [0.1, 0.15) is 33.0 Å². The first-order chi connectivity index (χ1) is 9.01. The van der Waals surface area contributed by atoms with Crippen LogP contribution in [0.5, 0.6) is 0 Å². The molecule has 1 aromatic carbocycles. The molecule has 0 saturated carbocycles. The number of aromatic nitrogens is 1. The summed E-state index contributed by atoms with van der Waals surface area (Å²) >= 11 is 1.51. The van der Waals surface area contributed by atoms with Crippen LogP contribution in [0.15, 0.2) is 17.5 Å². The van der Waals surface area contributed by atoms with Crippen molar-refractivity contribution < 1.29 is 0 Å². The summed E-state index contributed by atoms with van der Waals surface area (Å²) in [5, 5.41) is 12.1. The lowest BCUT2D eigenvalue weighted by Crippen LogP contribution is -1.89. The van der Waals surface area contributed by atoms with Crippen LogP contribution < -0.4 is 0 Å². The molecule has 0 aliphatic carbocycles. The number of allylic oxidation sites excluding steroid dienone is 1. The van der Waals surface area contributed by atoms with Gasteiger partial charge in [-0.3, -0.25) is 0 Å². The van der Waals surface area contributed by atoms with Gasteiger partial charge >= 0.3 is 0 Å². The highest BCUT2D eigenvalue weighted by Crippen LogP contribution is 2.24. The van der Waals surface area contributed by atoms with Gasteiger partial charge in [-0.05, 0) is 56.0 Å². The van der Waals surface area contributed by atoms with E-state index in [0.29, 0.717) is 5.57 Å². The first-order valence-corrected chi connectivity index (χ1v) is 7.01. The molecule has 2 aromatic rings. The van der Waals surface area contributed by atoms with Crippen molar-refractivity contribution in [2.24, 2.45) is 0 Å². The van der Waals surface area contributed by atoms with Gasteiger partial charge in [-0.25, -0.2) is 4.98 Å². The van der Waals surface area contributed by atoms with E-state index >= 15 is 0 Å². The minimum absolute atomic E-state index is 0.629. The number of benzene rings is 1. The van der Waals surface area contributed by atoms with Crippen LogP contribution in [-0.2, 0) is 0 Å². The number of thiazole rings is 1. The molecule has 2 nitrogen and oxygen atoms in total. The van der Waals surface area contributed by atoms with Crippen molar-refractivity contribution in [3.63, 3.8) is 0 Å². The van der Waals surface area contributed by atoms with E-state index in [1.54, 1.807) is 0 Å². The van der Waals surface area contributed by atoms with Gasteiger partial charge in [-0.2, -0.15) is 5.26 Å². The van der Waals surface area contributed by atoms with E-state index in [2.05, 4.69) is 44.0 Å². The zero-order valence-corrected chi connectivity index (χ0v) is 12.4. The molecular formula is C16H16N2S. The molecule has 0 atom stereocenters. The third-order valence-electron chi connectivity index (χ3n) is 3.15. The quantitative estimate of drug-likeness (QED) is 0.755. The van der Waals surface area contributed by atoms with Gasteiger partial charge in [0.05, 0.1) is 5.57 Å². The topological polar surface area (TPSA) is 36.7 Å². The van der Waals surface area contributed by atoms with Crippen molar-refractivity contribution >= 4 is 23.0 Å². The molecule has 96 valence electrons. The van der Waals surface area contributed by atoms with Crippen molar-refractivity contribution in [3.8, 4) is 6.07 Å². The van der Waals surface area contributed by atoms with E-state index in [-0.39, 0.29) is 0 Å². The molecule has 0 aliphatic heterocycles. The number of hydrogen-bond acceptors (Lipinski definition) is 3. The Bertz CT molecular complexity index is 687. The standard InChI is InChI=1S/C16H16N2S/c1-10-5-12(3)14(6-11(10)2)7-15(8-17)16-18-13(4)9-19-16/h5-7,9H,1-4H3/b15-7+. The van der Waals surface area contributed by atoms with Gasteiger partial charge < -0.3 is 0 Å². The van der Waals surface area contributed by atoms with Crippen LogP contribution in [0.3, 0.4) is 0 Å². The first kappa shape index (κ1) is 13.5. The maximum atomic E-state index is 9.31. The summed E-state index contributed by atoms with van der Waals surface area (Å²) in [5.41, 5.74) is 6.38. The molecule has 0 amide bonds. The fourth-order valence-corrected chi connectivity index (χ4v) is 2.68. The number of aryl methyl sites for hydroxylation is 4. The van der Waals surface area contributed by atoms with Gasteiger partial charge in [-0.15, -0.1) is 11.3 Å². The van der Waals surface area contributed by atoms with Gasteiger partial charge in [-0.1, -0.05) is 12.1 Å². The Labute approximate surface area is 118 Å². The van der Waals surface area contributed by atoms with Gasteiger partial charge in [0, 0.05) is 11.1 Å². The minimum Gasteiger partial charge on any atom is -0.241 e. The number of nitrogens with zero attached hydrogens (tertiary/aromatic N) is 2. The third-order valence-corrected chi connectivity index (χ3v) is 4.15. The molecular weight excluding hydrogens is 252 g/mol. The van der Waals surface area contributed by atoms with Gasteiger partial charge in [0.25, 0.3) is 0 Å². The average molecular weight is 268 g/mol. The molecule has 2 rings (SSSR count). The van der Waals surface area contributed by atoms with E-state index in [1.807, 2.05) is 18.4 Å². The molecule has 0 spiro atoms. The van der Waals surface area contributed by atoms with Crippen LogP contribution in [0.2, 0.25) is 0 Å². The Hall–Kier alpha value is -1.92. The summed E-state index contributed by atoms with van der Waals surface area (Å²) in [5.74, 6) is 0. The molecule has 1 heterocycles. The summed E-state index contributed by atoms with van der Waals surface area (Å²) in [6.07, 6.45) is 1.93. The highest BCUT2D eigenvalue weighted by Gasteiger charge is 2.07. The number of hydrogen-bond donors (Lipinski definition) is 0. The SMILES string of the molecule is Cc1csc(/C(C#N)=C/c2cc(C)c(C)cc2C)n1. The lowest BCUT2D eigenvalue weighted by molar-refractivity contribution is 1.24. The van der Waals surface area contributed by atoms with Crippen molar-refractivity contribution in [2.45, 2.75) is 27.7 Å². The molecule has 0 fully saturated rings. The fourth-order valence-electron chi connectivity index (χ4n) is 1.91. The zero-order chi connectivity index (χ0) is 14.0. The smallest absolute Gasteiger partial charge is 0.134 e. The average Bonchev–Trinajstić information content (AvgIpc) is 2.78. The van der Waals surface area contributed by atoms with E-state index in [4.69, 9.17) is 0 Å². The van der Waals surface area contributed by atoms with Crippen LogP contribution in [-0.4, -0.2) is 4.98 Å². The lowest BCUT2D eigenvalue weighted by Gasteiger charge is -2.06. The predicted octanol–water partition coefficient (Wildman–Crippen LogP) is 4.44. The van der Waals surface area contributed by atoms with Crippen molar-refractivity contribution in [2.75, 3.05) is 0 Å². The summed E-state index contributed by atoms with van der Waals surface area (Å²) in [7, 11) is 0. The Balaban J connectivity index is 2.50. The van der Waals surface area contributed by atoms with Crippen molar-refractivity contribution in [1.29, 1.82) is 5.26 Å². The van der Waals surface area contributed by atoms with E-state index in [1.165, 1.54) is 28.0 Å². The highest BCUT2D eigenvalue weighted by atomic mass is 32.1. The van der Waals surface area contributed by atoms with E-state index in [9.17, 15) is 5.26 Å². The molecule has 3 heteroatoms. The second-order valence-electron chi connectivity index (χ2n) is 4.76. The van der Waals surface area contributed by atoms with Crippen LogP contribution in [0.4, 0.5) is 0 Å². The normalized spacial score (nSPS) is 11.4. The third kappa shape index (κ3) is 2.91. The van der Waals surface area contributed by atoms with Crippen molar-refractivity contribution in [1.82, 2.24) is 4.98 Å². The predicted molar refractivity (Wildman–Crippen MR) is 81.0 cm³/mol. The molecule has 0 saturated heterocycles. The van der Waals surface area contributed by atoms with E-state index in [0.717, 1.165) is 16.3 Å². The molecule has 0 bridgehead atoms. The van der Waals surface area contributed by atoms with Crippen LogP contribution >= 0.6 is 11.3 Å². The van der Waals surface area contributed by atoms with Crippen LogP contribution in [0, 0.1) is 39.0 Å². The molecule has 19 heavy (non-hydrogen) atoms. The Morgan fingerprint density at radius 3 is 2.42 bits per heavy atom. The maximum absolute atomic E-state index is 9.31. The van der Waals surface area contributed by atoms with Gasteiger partial charge in [0.2, 0.25) is 0 Å². The largest absolute Gasteiger partial charge is 0.241 e. The summed E-state index contributed by atoms with van der Waals surface area (Å²) in [6.45, 7) is 8.20. The molecule has 0 unspecified atom stereocenters. The zero-order valence-electron chi connectivity index (χ0n) is 11.6. The summed E-state index contributed by atoms with van der Waals surface area (Å²) < 4.78 is 0.